The van der Waals surface area contributed by atoms with Crippen LogP contribution in [0.3, 0.4) is 0 Å². The van der Waals surface area contributed by atoms with Gasteiger partial charge in [-0.1, -0.05) is 0 Å². The summed E-state index contributed by atoms with van der Waals surface area (Å²) >= 11 is 2.03. The highest BCUT2D eigenvalue weighted by molar-refractivity contribution is 7.99. The lowest BCUT2D eigenvalue weighted by Gasteiger charge is -2.26. The molecule has 0 aromatic carbocycles. The Hall–Kier alpha value is -0.740. The molecule has 0 N–H and O–H groups in total. The summed E-state index contributed by atoms with van der Waals surface area (Å²) in [6.45, 7) is 4.34. The zero-order valence-electron chi connectivity index (χ0n) is 8.76. The fourth-order valence-corrected chi connectivity index (χ4v) is 2.79. The molecule has 2 heterocycles. The first-order valence-corrected chi connectivity index (χ1v) is 6.46. The number of hydrogen-bond donors (Lipinski definition) is 0. The number of rotatable bonds is 4. The van der Waals surface area contributed by atoms with Crippen molar-refractivity contribution in [2.45, 2.75) is 6.54 Å². The molecule has 0 spiro atoms. The number of hydrogen-bond acceptors (Lipinski definition) is 3. The van der Waals surface area contributed by atoms with Gasteiger partial charge >= 0.3 is 0 Å². The van der Waals surface area contributed by atoms with E-state index in [1.165, 1.54) is 24.6 Å². The summed E-state index contributed by atoms with van der Waals surface area (Å²) in [4.78, 5) is 13.2. The van der Waals surface area contributed by atoms with Gasteiger partial charge in [0, 0.05) is 43.9 Å². The number of carbonyl (C=O) groups is 1. The van der Waals surface area contributed by atoms with Crippen LogP contribution in [0.15, 0.2) is 18.3 Å². The molecule has 82 valence electrons. The maximum Gasteiger partial charge on any atom is 0.166 e. The van der Waals surface area contributed by atoms with Gasteiger partial charge in [0.15, 0.2) is 6.29 Å². The summed E-state index contributed by atoms with van der Waals surface area (Å²) in [7, 11) is 0. The highest BCUT2D eigenvalue weighted by atomic mass is 32.2. The van der Waals surface area contributed by atoms with E-state index < -0.39 is 0 Å². The largest absolute Gasteiger partial charge is 0.344 e. The quantitative estimate of drug-likeness (QED) is 0.722. The Balaban J connectivity index is 1.84. The van der Waals surface area contributed by atoms with Gasteiger partial charge in [-0.05, 0) is 12.1 Å². The van der Waals surface area contributed by atoms with Crippen molar-refractivity contribution in [3.63, 3.8) is 0 Å². The minimum Gasteiger partial charge on any atom is -0.344 e. The molecule has 0 bridgehead atoms. The Morgan fingerprint density at radius 1 is 1.33 bits per heavy atom. The molecule has 0 saturated carbocycles. The van der Waals surface area contributed by atoms with E-state index in [2.05, 4.69) is 4.90 Å². The fraction of sp³-hybridized carbons (Fsp3) is 0.545. The summed E-state index contributed by atoms with van der Waals surface area (Å²) in [6.07, 6.45) is 2.90. The summed E-state index contributed by atoms with van der Waals surface area (Å²) in [6, 6.07) is 3.79. The molecule has 1 aromatic heterocycles. The SMILES string of the molecule is O=Cc1cccn1CCN1CCSCC1. The monoisotopic (exact) mass is 224 g/mol. The van der Waals surface area contributed by atoms with Gasteiger partial charge in [-0.15, -0.1) is 0 Å². The number of nitrogens with zero attached hydrogens (tertiary/aromatic N) is 2. The zero-order valence-corrected chi connectivity index (χ0v) is 9.58. The van der Waals surface area contributed by atoms with Crippen molar-refractivity contribution in [3.8, 4) is 0 Å². The molecule has 1 saturated heterocycles. The number of aldehydes is 1. The molecule has 2 rings (SSSR count). The van der Waals surface area contributed by atoms with Gasteiger partial charge in [-0.25, -0.2) is 0 Å². The highest BCUT2D eigenvalue weighted by Gasteiger charge is 2.10. The zero-order chi connectivity index (χ0) is 10.5. The van der Waals surface area contributed by atoms with Crippen LogP contribution in [-0.4, -0.2) is 46.9 Å². The van der Waals surface area contributed by atoms with E-state index >= 15 is 0 Å². The van der Waals surface area contributed by atoms with Crippen molar-refractivity contribution in [2.24, 2.45) is 0 Å². The van der Waals surface area contributed by atoms with E-state index in [-0.39, 0.29) is 0 Å². The van der Waals surface area contributed by atoms with Crippen LogP contribution >= 0.6 is 11.8 Å². The molecule has 1 aromatic rings. The molecule has 3 nitrogen and oxygen atoms in total. The Bertz CT molecular complexity index is 318. The number of aromatic nitrogens is 1. The van der Waals surface area contributed by atoms with Crippen molar-refractivity contribution >= 4 is 18.0 Å². The van der Waals surface area contributed by atoms with Crippen molar-refractivity contribution < 1.29 is 4.79 Å². The molecule has 0 unspecified atom stereocenters. The van der Waals surface area contributed by atoms with E-state index in [1.54, 1.807) is 0 Å². The molecule has 0 atom stereocenters. The lowest BCUT2D eigenvalue weighted by molar-refractivity contribution is 0.111. The smallest absolute Gasteiger partial charge is 0.166 e. The molecule has 15 heavy (non-hydrogen) atoms. The first kappa shape index (κ1) is 10.8. The van der Waals surface area contributed by atoms with E-state index in [9.17, 15) is 4.79 Å². The van der Waals surface area contributed by atoms with E-state index in [0.29, 0.717) is 0 Å². The van der Waals surface area contributed by atoms with Crippen LogP contribution in [0.2, 0.25) is 0 Å². The topological polar surface area (TPSA) is 25.2 Å². The van der Waals surface area contributed by atoms with Gasteiger partial charge in [0.2, 0.25) is 0 Å². The maximum atomic E-state index is 10.7. The van der Waals surface area contributed by atoms with Crippen LogP contribution in [-0.2, 0) is 6.54 Å². The van der Waals surface area contributed by atoms with Crippen molar-refractivity contribution in [1.82, 2.24) is 9.47 Å². The van der Waals surface area contributed by atoms with Gasteiger partial charge in [-0.2, -0.15) is 11.8 Å². The average Bonchev–Trinajstić information content (AvgIpc) is 2.75. The Labute approximate surface area is 94.4 Å². The molecule has 1 aliphatic rings. The molecule has 0 radical (unpaired) electrons. The summed E-state index contributed by atoms with van der Waals surface area (Å²) in [5, 5.41) is 0. The predicted octanol–water partition coefficient (Wildman–Crippen LogP) is 1.35. The van der Waals surface area contributed by atoms with Gasteiger partial charge in [0.25, 0.3) is 0 Å². The second-order valence-corrected chi connectivity index (χ2v) is 4.92. The fourth-order valence-electron chi connectivity index (χ4n) is 1.81. The maximum absolute atomic E-state index is 10.7. The Morgan fingerprint density at radius 2 is 2.13 bits per heavy atom. The van der Waals surface area contributed by atoms with Crippen LogP contribution in [0.1, 0.15) is 10.5 Å². The standard InChI is InChI=1S/C11H16N2OS/c14-10-11-2-1-3-13(11)5-4-12-6-8-15-9-7-12/h1-3,10H,4-9H2. The van der Waals surface area contributed by atoms with Crippen molar-refractivity contribution in [1.29, 1.82) is 0 Å². The van der Waals surface area contributed by atoms with Crippen LogP contribution < -0.4 is 0 Å². The molecular formula is C11H16N2OS. The first-order valence-electron chi connectivity index (χ1n) is 5.30. The molecule has 1 aliphatic heterocycles. The van der Waals surface area contributed by atoms with Crippen LogP contribution in [0.4, 0.5) is 0 Å². The van der Waals surface area contributed by atoms with Crippen LogP contribution in [0, 0.1) is 0 Å². The second kappa shape index (κ2) is 5.37. The van der Waals surface area contributed by atoms with Gasteiger partial charge in [0.1, 0.15) is 0 Å². The van der Waals surface area contributed by atoms with Gasteiger partial charge in [-0.3, -0.25) is 9.69 Å². The molecule has 4 heteroatoms. The van der Waals surface area contributed by atoms with E-state index in [1.807, 2.05) is 34.7 Å². The molecule has 0 aliphatic carbocycles. The average molecular weight is 224 g/mol. The summed E-state index contributed by atoms with van der Waals surface area (Å²) in [5.74, 6) is 2.48. The normalized spacial score (nSPS) is 17.9. The van der Waals surface area contributed by atoms with Crippen molar-refractivity contribution in [2.75, 3.05) is 31.1 Å². The first-order chi connectivity index (χ1) is 7.40. The Kier molecular flexibility index (Phi) is 3.86. The minimum atomic E-state index is 0.779. The third kappa shape index (κ3) is 2.86. The summed E-state index contributed by atoms with van der Waals surface area (Å²) < 4.78 is 2.02. The van der Waals surface area contributed by atoms with Gasteiger partial charge < -0.3 is 4.57 Å². The van der Waals surface area contributed by atoms with Crippen molar-refractivity contribution in [3.05, 3.63) is 24.0 Å². The second-order valence-electron chi connectivity index (χ2n) is 3.70. The minimum absolute atomic E-state index is 0.779. The van der Waals surface area contributed by atoms with Gasteiger partial charge in [0.05, 0.1) is 5.69 Å². The van der Waals surface area contributed by atoms with E-state index in [0.717, 1.165) is 25.1 Å². The van der Waals surface area contributed by atoms with Crippen LogP contribution in [0.25, 0.3) is 0 Å². The van der Waals surface area contributed by atoms with Crippen LogP contribution in [0.5, 0.6) is 0 Å². The molecule has 0 amide bonds. The highest BCUT2D eigenvalue weighted by Crippen LogP contribution is 2.09. The lowest BCUT2D eigenvalue weighted by atomic mass is 10.4. The summed E-state index contributed by atoms with van der Waals surface area (Å²) in [5.41, 5.74) is 0.779. The molecular weight excluding hydrogens is 208 g/mol. The number of carbonyl (C=O) groups excluding carboxylic acids is 1. The Morgan fingerprint density at radius 3 is 2.87 bits per heavy atom. The predicted molar refractivity (Wildman–Crippen MR) is 63.6 cm³/mol. The number of thioether (sulfide) groups is 1. The third-order valence-electron chi connectivity index (χ3n) is 2.75. The lowest BCUT2D eigenvalue weighted by Crippen LogP contribution is -2.35. The third-order valence-corrected chi connectivity index (χ3v) is 3.69. The molecule has 1 fully saturated rings. The van der Waals surface area contributed by atoms with E-state index in [4.69, 9.17) is 0 Å².